The molecule has 0 aliphatic carbocycles. The number of alkyl carbamates (subject to hydrolysis) is 1. The lowest BCUT2D eigenvalue weighted by Crippen LogP contribution is -2.57. The smallest absolute Gasteiger partial charge is 0.408 e. The van der Waals surface area contributed by atoms with Crippen molar-refractivity contribution >= 4 is 23.8 Å². The van der Waals surface area contributed by atoms with Gasteiger partial charge in [0, 0.05) is 43.7 Å². The maximum absolute atomic E-state index is 13.8. The Hall–Kier alpha value is -4.78. The molecule has 0 spiro atoms. The van der Waals surface area contributed by atoms with Crippen LogP contribution in [0, 0.1) is 11.8 Å². The summed E-state index contributed by atoms with van der Waals surface area (Å²) in [5.74, 6) is -1.10. The molecule has 2 aromatic heterocycles. The Morgan fingerprint density at radius 3 is 2.21 bits per heavy atom. The summed E-state index contributed by atoms with van der Waals surface area (Å²) in [6.07, 6.45) is 5.50. The number of benzene rings is 1. The van der Waals surface area contributed by atoms with Crippen LogP contribution in [0.1, 0.15) is 63.8 Å². The number of ether oxygens (including phenoxy) is 1. The number of aliphatic hydroxyl groups is 1. The molecule has 260 valence electrons. The Balaban J connectivity index is 1.76. The van der Waals surface area contributed by atoms with Crippen LogP contribution in [0.2, 0.25) is 0 Å². The van der Waals surface area contributed by atoms with Crippen LogP contribution < -0.4 is 21.3 Å². The highest BCUT2D eigenvalue weighted by Crippen LogP contribution is 2.13. The number of aromatic amines is 1. The van der Waals surface area contributed by atoms with E-state index in [0.717, 1.165) is 17.5 Å². The molecule has 5 atom stereocenters. The van der Waals surface area contributed by atoms with Gasteiger partial charge in [-0.05, 0) is 41.5 Å². The van der Waals surface area contributed by atoms with Crippen molar-refractivity contribution in [2.75, 3.05) is 6.54 Å². The molecule has 0 aliphatic rings. The molecule has 2 heterocycles. The van der Waals surface area contributed by atoms with E-state index in [-0.39, 0.29) is 37.7 Å². The number of H-pyrrole nitrogens is 1. The van der Waals surface area contributed by atoms with Crippen molar-refractivity contribution in [3.8, 4) is 0 Å². The fourth-order valence-electron chi connectivity index (χ4n) is 4.91. The van der Waals surface area contributed by atoms with E-state index in [4.69, 9.17) is 4.74 Å². The molecular weight excluding hydrogens is 614 g/mol. The number of carbonyl (C=O) groups excluding carboxylic acids is 4. The molecule has 0 aliphatic heterocycles. The molecule has 4 amide bonds. The van der Waals surface area contributed by atoms with E-state index in [9.17, 15) is 24.3 Å². The third kappa shape index (κ3) is 13.5. The largest absolute Gasteiger partial charge is 0.445 e. The number of amides is 4. The van der Waals surface area contributed by atoms with Crippen LogP contribution in [-0.2, 0) is 38.6 Å². The first kappa shape index (κ1) is 37.7. The van der Waals surface area contributed by atoms with Gasteiger partial charge in [0.15, 0.2) is 0 Å². The van der Waals surface area contributed by atoms with Crippen LogP contribution in [0.25, 0.3) is 0 Å². The van der Waals surface area contributed by atoms with Crippen LogP contribution in [0.3, 0.4) is 0 Å². The van der Waals surface area contributed by atoms with Crippen LogP contribution in [0.4, 0.5) is 4.79 Å². The summed E-state index contributed by atoms with van der Waals surface area (Å²) in [6, 6.07) is 9.62. The molecule has 6 N–H and O–H groups in total. The zero-order valence-electron chi connectivity index (χ0n) is 28.1. The molecule has 1 unspecified atom stereocenters. The average molecular weight is 664 g/mol. The lowest BCUT2D eigenvalue weighted by atomic mass is 9.96. The van der Waals surface area contributed by atoms with E-state index in [2.05, 4.69) is 36.2 Å². The zero-order valence-corrected chi connectivity index (χ0v) is 28.1. The van der Waals surface area contributed by atoms with E-state index < -0.39 is 42.1 Å². The van der Waals surface area contributed by atoms with Crippen LogP contribution >= 0.6 is 0 Å². The fraction of sp³-hybridized carbons (Fsp3) is 0.486. The van der Waals surface area contributed by atoms with Gasteiger partial charge in [-0.1, -0.05) is 64.4 Å². The van der Waals surface area contributed by atoms with Gasteiger partial charge in [0.2, 0.25) is 17.7 Å². The van der Waals surface area contributed by atoms with Crippen molar-refractivity contribution < 1.29 is 29.0 Å². The number of nitrogens with zero attached hydrogens (tertiary/aromatic N) is 2. The Kier molecular flexibility index (Phi) is 15.5. The van der Waals surface area contributed by atoms with Gasteiger partial charge in [0.25, 0.3) is 0 Å². The first-order valence-electron chi connectivity index (χ1n) is 16.4. The third-order valence-corrected chi connectivity index (χ3v) is 7.88. The normalized spacial score (nSPS) is 14.2. The highest BCUT2D eigenvalue weighted by atomic mass is 16.5. The minimum absolute atomic E-state index is 0.0103. The van der Waals surface area contributed by atoms with Crippen molar-refractivity contribution in [3.63, 3.8) is 0 Å². The standard InChI is InChI=1S/C35H49N7O6/c1-5-24(4)19-38-32(44)18-31(43)28(15-23(2)3)40-34(46)30(17-27-20-37-22-39-27)41-33(45)29(16-25-11-13-36-14-12-25)42-35(47)48-21-26-9-7-6-8-10-26/h6-14,20,22-24,28-31,43H,5,15-19,21H2,1-4H3,(H,37,39)(H,38,44)(H,40,46)(H,41,45)(H,42,47)/t24?,28-,29-,30-,31-/m0/s1. The first-order chi connectivity index (χ1) is 23.0. The summed E-state index contributed by atoms with van der Waals surface area (Å²) in [4.78, 5) is 64.0. The fourth-order valence-corrected chi connectivity index (χ4v) is 4.91. The summed E-state index contributed by atoms with van der Waals surface area (Å²) in [6.45, 7) is 8.47. The third-order valence-electron chi connectivity index (χ3n) is 7.88. The maximum Gasteiger partial charge on any atom is 0.408 e. The number of hydrogen-bond acceptors (Lipinski definition) is 8. The molecule has 13 nitrogen and oxygen atoms in total. The molecule has 0 saturated carbocycles. The van der Waals surface area contributed by atoms with Gasteiger partial charge < -0.3 is 36.1 Å². The number of aromatic nitrogens is 3. The second-order valence-electron chi connectivity index (χ2n) is 12.5. The number of hydrogen-bond donors (Lipinski definition) is 6. The topological polar surface area (TPSA) is 187 Å². The summed E-state index contributed by atoms with van der Waals surface area (Å²) in [7, 11) is 0. The molecule has 3 rings (SSSR count). The van der Waals surface area contributed by atoms with Gasteiger partial charge in [-0.15, -0.1) is 0 Å². The number of aliphatic hydroxyl groups excluding tert-OH is 1. The minimum atomic E-state index is -1.16. The predicted octanol–water partition coefficient (Wildman–Crippen LogP) is 2.81. The number of pyridine rings is 1. The summed E-state index contributed by atoms with van der Waals surface area (Å²) in [5, 5.41) is 22.2. The minimum Gasteiger partial charge on any atom is -0.445 e. The van der Waals surface area contributed by atoms with E-state index >= 15 is 0 Å². The molecule has 0 bridgehead atoms. The average Bonchev–Trinajstić information content (AvgIpc) is 3.59. The molecule has 0 saturated heterocycles. The molecule has 48 heavy (non-hydrogen) atoms. The highest BCUT2D eigenvalue weighted by molar-refractivity contribution is 5.91. The Morgan fingerprint density at radius 1 is 0.875 bits per heavy atom. The number of rotatable bonds is 19. The van der Waals surface area contributed by atoms with Gasteiger partial charge in [0.1, 0.15) is 18.7 Å². The van der Waals surface area contributed by atoms with Gasteiger partial charge in [-0.3, -0.25) is 19.4 Å². The van der Waals surface area contributed by atoms with Crippen LogP contribution in [-0.4, -0.2) is 74.6 Å². The second kappa shape index (κ2) is 19.8. The van der Waals surface area contributed by atoms with Gasteiger partial charge in [0.05, 0.1) is 24.9 Å². The van der Waals surface area contributed by atoms with E-state index in [0.29, 0.717) is 24.6 Å². The second-order valence-corrected chi connectivity index (χ2v) is 12.5. The maximum atomic E-state index is 13.8. The molecular formula is C35H49N7O6. The van der Waals surface area contributed by atoms with Crippen molar-refractivity contribution in [3.05, 3.63) is 84.2 Å². The number of carbonyl (C=O) groups is 4. The SMILES string of the molecule is CCC(C)CNC(=O)C[C@H](O)[C@H](CC(C)C)NC(=O)[C@H](Cc1cnc[nH]1)NC(=O)[C@H](Cc1ccncc1)NC(=O)OCc1ccccc1. The summed E-state index contributed by atoms with van der Waals surface area (Å²) in [5.41, 5.74) is 2.10. The lowest BCUT2D eigenvalue weighted by molar-refractivity contribution is -0.131. The number of imidazole rings is 1. The quantitative estimate of drug-likeness (QED) is 0.113. The van der Waals surface area contributed by atoms with Crippen molar-refractivity contribution in [1.82, 2.24) is 36.2 Å². The predicted molar refractivity (Wildman–Crippen MR) is 180 cm³/mol. The Labute approximate surface area is 282 Å². The summed E-state index contributed by atoms with van der Waals surface area (Å²) >= 11 is 0. The van der Waals surface area contributed by atoms with Gasteiger partial charge in [-0.25, -0.2) is 9.78 Å². The Bertz CT molecular complexity index is 1410. The number of nitrogens with one attached hydrogen (secondary N) is 5. The summed E-state index contributed by atoms with van der Waals surface area (Å²) < 4.78 is 5.37. The molecule has 13 heteroatoms. The highest BCUT2D eigenvalue weighted by Gasteiger charge is 2.31. The molecule has 1 aromatic carbocycles. The molecule has 0 radical (unpaired) electrons. The van der Waals surface area contributed by atoms with Crippen LogP contribution in [0.5, 0.6) is 0 Å². The van der Waals surface area contributed by atoms with E-state index in [1.54, 1.807) is 30.7 Å². The zero-order chi connectivity index (χ0) is 34.9. The van der Waals surface area contributed by atoms with Crippen LogP contribution in [0.15, 0.2) is 67.4 Å². The Morgan fingerprint density at radius 2 is 1.56 bits per heavy atom. The van der Waals surface area contributed by atoms with Crippen molar-refractivity contribution in [2.24, 2.45) is 11.8 Å². The van der Waals surface area contributed by atoms with E-state index in [1.165, 1.54) is 6.33 Å². The molecule has 0 fully saturated rings. The van der Waals surface area contributed by atoms with E-state index in [1.807, 2.05) is 58.0 Å². The lowest BCUT2D eigenvalue weighted by Gasteiger charge is -2.29. The molecule has 3 aromatic rings. The monoisotopic (exact) mass is 663 g/mol. The van der Waals surface area contributed by atoms with Crippen molar-refractivity contribution in [2.45, 2.75) is 90.6 Å². The van der Waals surface area contributed by atoms with Gasteiger partial charge in [-0.2, -0.15) is 0 Å². The first-order valence-corrected chi connectivity index (χ1v) is 16.4. The van der Waals surface area contributed by atoms with Crippen molar-refractivity contribution in [1.29, 1.82) is 0 Å². The van der Waals surface area contributed by atoms with Gasteiger partial charge >= 0.3 is 6.09 Å².